The predicted molar refractivity (Wildman–Crippen MR) is 129 cm³/mol. The SMILES string of the molecule is CN(C)CC(=O)Nc1cccc(CNC(=O)C(NC(=O)c2ccccc2)c2ccccc2)c1. The maximum atomic E-state index is 13.1. The van der Waals surface area contributed by atoms with E-state index in [0.29, 0.717) is 16.8 Å². The molecule has 33 heavy (non-hydrogen) atoms. The van der Waals surface area contributed by atoms with Crippen LogP contribution in [0.1, 0.15) is 27.5 Å². The Kier molecular flexibility index (Phi) is 8.32. The van der Waals surface area contributed by atoms with Crippen LogP contribution in [0.25, 0.3) is 0 Å². The summed E-state index contributed by atoms with van der Waals surface area (Å²) in [6.07, 6.45) is 0. The van der Waals surface area contributed by atoms with E-state index in [4.69, 9.17) is 0 Å². The Hall–Kier alpha value is -3.97. The number of anilines is 1. The van der Waals surface area contributed by atoms with Gasteiger partial charge in [0.25, 0.3) is 5.91 Å². The molecule has 170 valence electrons. The fraction of sp³-hybridized carbons (Fsp3) is 0.192. The molecule has 1 unspecified atom stereocenters. The highest BCUT2D eigenvalue weighted by Gasteiger charge is 2.23. The Balaban J connectivity index is 1.68. The van der Waals surface area contributed by atoms with E-state index in [0.717, 1.165) is 5.56 Å². The molecule has 0 spiro atoms. The van der Waals surface area contributed by atoms with E-state index < -0.39 is 6.04 Å². The molecule has 7 heteroatoms. The number of benzene rings is 3. The largest absolute Gasteiger partial charge is 0.350 e. The van der Waals surface area contributed by atoms with Crippen molar-refractivity contribution in [3.05, 3.63) is 102 Å². The van der Waals surface area contributed by atoms with Crippen LogP contribution < -0.4 is 16.0 Å². The molecule has 1 atom stereocenters. The first-order valence-corrected chi connectivity index (χ1v) is 10.6. The highest BCUT2D eigenvalue weighted by Crippen LogP contribution is 2.15. The Morgan fingerprint density at radius 3 is 2.18 bits per heavy atom. The maximum absolute atomic E-state index is 13.1. The summed E-state index contributed by atoms with van der Waals surface area (Å²) < 4.78 is 0. The highest BCUT2D eigenvalue weighted by molar-refractivity contribution is 5.97. The van der Waals surface area contributed by atoms with Gasteiger partial charge in [0.2, 0.25) is 11.8 Å². The van der Waals surface area contributed by atoms with Gasteiger partial charge in [-0.25, -0.2) is 0 Å². The molecular formula is C26H28N4O3. The minimum Gasteiger partial charge on any atom is -0.350 e. The number of rotatable bonds is 9. The van der Waals surface area contributed by atoms with E-state index in [2.05, 4.69) is 16.0 Å². The minimum atomic E-state index is -0.845. The van der Waals surface area contributed by atoms with E-state index in [1.807, 2.05) is 56.6 Å². The summed E-state index contributed by atoms with van der Waals surface area (Å²) in [6.45, 7) is 0.529. The van der Waals surface area contributed by atoms with Crippen molar-refractivity contribution in [3.8, 4) is 0 Å². The number of nitrogens with one attached hydrogen (secondary N) is 3. The Morgan fingerprint density at radius 2 is 1.52 bits per heavy atom. The lowest BCUT2D eigenvalue weighted by Crippen LogP contribution is -2.40. The molecule has 7 nitrogen and oxygen atoms in total. The van der Waals surface area contributed by atoms with Crippen molar-refractivity contribution in [2.24, 2.45) is 0 Å². The summed E-state index contributed by atoms with van der Waals surface area (Å²) in [4.78, 5) is 39.6. The molecule has 0 saturated carbocycles. The number of carbonyl (C=O) groups excluding carboxylic acids is 3. The second-order valence-corrected chi connectivity index (χ2v) is 7.89. The van der Waals surface area contributed by atoms with E-state index in [-0.39, 0.29) is 30.8 Å². The molecule has 0 saturated heterocycles. The van der Waals surface area contributed by atoms with Gasteiger partial charge in [-0.3, -0.25) is 14.4 Å². The van der Waals surface area contributed by atoms with E-state index in [9.17, 15) is 14.4 Å². The second-order valence-electron chi connectivity index (χ2n) is 7.89. The van der Waals surface area contributed by atoms with Crippen molar-refractivity contribution in [3.63, 3.8) is 0 Å². The van der Waals surface area contributed by atoms with Gasteiger partial charge in [0.05, 0.1) is 6.54 Å². The zero-order chi connectivity index (χ0) is 23.6. The average molecular weight is 445 g/mol. The number of likely N-dealkylation sites (N-methyl/N-ethyl adjacent to an activating group) is 1. The number of carbonyl (C=O) groups is 3. The van der Waals surface area contributed by atoms with Gasteiger partial charge >= 0.3 is 0 Å². The summed E-state index contributed by atoms with van der Waals surface area (Å²) in [7, 11) is 3.65. The topological polar surface area (TPSA) is 90.5 Å². The molecule has 0 aromatic heterocycles. The van der Waals surface area contributed by atoms with Crippen LogP contribution in [0.3, 0.4) is 0 Å². The summed E-state index contributed by atoms with van der Waals surface area (Å²) in [5, 5.41) is 8.57. The molecule has 3 N–H and O–H groups in total. The van der Waals surface area contributed by atoms with Crippen LogP contribution in [0.15, 0.2) is 84.9 Å². The quantitative estimate of drug-likeness (QED) is 0.473. The van der Waals surface area contributed by atoms with Crippen molar-refractivity contribution < 1.29 is 14.4 Å². The third-order valence-electron chi connectivity index (χ3n) is 4.84. The highest BCUT2D eigenvalue weighted by atomic mass is 16.2. The first kappa shape index (κ1) is 23.7. The molecule has 3 rings (SSSR count). The van der Waals surface area contributed by atoms with Gasteiger partial charge in [-0.1, -0.05) is 60.7 Å². The van der Waals surface area contributed by atoms with Gasteiger partial charge < -0.3 is 20.9 Å². The monoisotopic (exact) mass is 444 g/mol. The van der Waals surface area contributed by atoms with Crippen molar-refractivity contribution in [1.29, 1.82) is 0 Å². The van der Waals surface area contributed by atoms with Crippen LogP contribution in [-0.2, 0) is 16.1 Å². The lowest BCUT2D eigenvalue weighted by molar-refractivity contribution is -0.123. The smallest absolute Gasteiger partial charge is 0.252 e. The van der Waals surface area contributed by atoms with Gasteiger partial charge in [-0.2, -0.15) is 0 Å². The van der Waals surface area contributed by atoms with Crippen LogP contribution in [0.2, 0.25) is 0 Å². The van der Waals surface area contributed by atoms with Crippen LogP contribution in [0.5, 0.6) is 0 Å². The zero-order valence-corrected chi connectivity index (χ0v) is 18.7. The number of hydrogen-bond donors (Lipinski definition) is 3. The van der Waals surface area contributed by atoms with E-state index in [1.165, 1.54) is 0 Å². The van der Waals surface area contributed by atoms with Gasteiger partial charge in [0.15, 0.2) is 0 Å². The normalized spacial score (nSPS) is 11.5. The van der Waals surface area contributed by atoms with Crippen molar-refractivity contribution in [2.75, 3.05) is 26.0 Å². The second kappa shape index (κ2) is 11.6. The molecule has 3 aromatic carbocycles. The lowest BCUT2D eigenvalue weighted by Gasteiger charge is -2.19. The van der Waals surface area contributed by atoms with Crippen molar-refractivity contribution in [2.45, 2.75) is 12.6 Å². The molecule has 3 amide bonds. The van der Waals surface area contributed by atoms with Crippen molar-refractivity contribution >= 4 is 23.4 Å². The maximum Gasteiger partial charge on any atom is 0.252 e. The van der Waals surface area contributed by atoms with Gasteiger partial charge in [-0.15, -0.1) is 0 Å². The molecule has 0 fully saturated rings. The summed E-state index contributed by atoms with van der Waals surface area (Å²) in [6, 6.07) is 24.3. The molecule has 0 radical (unpaired) electrons. The summed E-state index contributed by atoms with van der Waals surface area (Å²) in [5.41, 5.74) is 2.65. The van der Waals surface area contributed by atoms with Gasteiger partial charge in [0, 0.05) is 17.8 Å². The Labute approximate surface area is 193 Å². The fourth-order valence-electron chi connectivity index (χ4n) is 3.29. The molecule has 0 heterocycles. The van der Waals surface area contributed by atoms with Crippen LogP contribution in [0.4, 0.5) is 5.69 Å². The van der Waals surface area contributed by atoms with Crippen molar-refractivity contribution in [1.82, 2.24) is 15.5 Å². The van der Waals surface area contributed by atoms with Gasteiger partial charge in [-0.05, 0) is 49.5 Å². The molecule has 3 aromatic rings. The molecule has 0 bridgehead atoms. The third-order valence-corrected chi connectivity index (χ3v) is 4.84. The number of amides is 3. The van der Waals surface area contributed by atoms with E-state index in [1.54, 1.807) is 47.4 Å². The standard InChI is InChI=1S/C26H28N4O3/c1-30(2)18-23(31)28-22-15-9-10-19(16-22)17-27-26(33)24(20-11-5-3-6-12-20)29-25(32)21-13-7-4-8-14-21/h3-16,24H,17-18H2,1-2H3,(H,27,33)(H,28,31)(H,29,32). The van der Waals surface area contributed by atoms with Crippen LogP contribution in [-0.4, -0.2) is 43.3 Å². The van der Waals surface area contributed by atoms with Crippen LogP contribution >= 0.6 is 0 Å². The predicted octanol–water partition coefficient (Wildman–Crippen LogP) is 2.97. The summed E-state index contributed by atoms with van der Waals surface area (Å²) >= 11 is 0. The van der Waals surface area contributed by atoms with Gasteiger partial charge in [0.1, 0.15) is 6.04 Å². The van der Waals surface area contributed by atoms with E-state index >= 15 is 0 Å². The average Bonchev–Trinajstić information content (AvgIpc) is 2.81. The molecule has 0 aliphatic carbocycles. The Morgan fingerprint density at radius 1 is 0.848 bits per heavy atom. The lowest BCUT2D eigenvalue weighted by atomic mass is 10.0. The van der Waals surface area contributed by atoms with Crippen LogP contribution in [0, 0.1) is 0 Å². The fourth-order valence-corrected chi connectivity index (χ4v) is 3.29. The zero-order valence-electron chi connectivity index (χ0n) is 18.7. The number of hydrogen-bond acceptors (Lipinski definition) is 4. The first-order chi connectivity index (χ1) is 15.9. The summed E-state index contributed by atoms with van der Waals surface area (Å²) in [5.74, 6) is -0.772. The Bertz CT molecular complexity index is 1080. The third kappa shape index (κ3) is 7.29. The molecular weight excluding hydrogens is 416 g/mol. The molecule has 0 aliphatic rings. The molecule has 0 aliphatic heterocycles. The number of nitrogens with zero attached hydrogens (tertiary/aromatic N) is 1. The minimum absolute atomic E-state index is 0.117. The first-order valence-electron chi connectivity index (χ1n) is 10.6.